The molecule has 1 atom stereocenters. The average Bonchev–Trinajstić information content (AvgIpc) is 3.62. The topological polar surface area (TPSA) is 142 Å². The van der Waals surface area contributed by atoms with Crippen molar-refractivity contribution in [2.24, 2.45) is 12.2 Å². The van der Waals surface area contributed by atoms with Gasteiger partial charge >= 0.3 is 0 Å². The summed E-state index contributed by atoms with van der Waals surface area (Å²) in [6, 6.07) is 7.76. The van der Waals surface area contributed by atoms with Gasteiger partial charge in [-0.25, -0.2) is 14.4 Å². The van der Waals surface area contributed by atoms with E-state index in [4.69, 9.17) is 14.1 Å². The zero-order valence-electron chi connectivity index (χ0n) is 20.5. The van der Waals surface area contributed by atoms with Gasteiger partial charge in [-0.2, -0.15) is 10.1 Å². The number of carbonyl (C=O) groups excluding carboxylic acids is 1. The second-order valence-corrected chi connectivity index (χ2v) is 8.40. The van der Waals surface area contributed by atoms with E-state index in [1.54, 1.807) is 37.7 Å². The molecular weight excluding hydrogens is 483 g/mol. The van der Waals surface area contributed by atoms with Crippen molar-refractivity contribution < 1.29 is 23.3 Å². The number of amides is 1. The summed E-state index contributed by atoms with van der Waals surface area (Å²) >= 11 is 0. The molecule has 5 rings (SSSR count). The number of carbonyl (C=O) groups is 1. The van der Waals surface area contributed by atoms with Gasteiger partial charge < -0.3 is 19.4 Å². The van der Waals surface area contributed by atoms with Crippen LogP contribution in [0, 0.1) is 19.7 Å². The number of methoxy groups -OCH3 is 1. The molecule has 1 amide bonds. The summed E-state index contributed by atoms with van der Waals surface area (Å²) in [6.07, 6.45) is 0.000571. The Morgan fingerprint density at radius 3 is 2.76 bits per heavy atom. The highest BCUT2D eigenvalue weighted by molar-refractivity contribution is 6.02. The van der Waals surface area contributed by atoms with Gasteiger partial charge in [0.25, 0.3) is 11.8 Å². The summed E-state index contributed by atoms with van der Waals surface area (Å²) in [7, 11) is 3.17. The van der Waals surface area contributed by atoms with Crippen molar-refractivity contribution >= 4 is 11.6 Å². The average molecular weight is 506 g/mol. The Morgan fingerprint density at radius 2 is 2.00 bits per heavy atom. The smallest absolute Gasteiger partial charge is 0.278 e. The first-order chi connectivity index (χ1) is 17.8. The lowest BCUT2D eigenvalue weighted by Gasteiger charge is -2.09. The van der Waals surface area contributed by atoms with Gasteiger partial charge in [0.1, 0.15) is 17.2 Å². The quantitative estimate of drug-likeness (QED) is 0.400. The minimum atomic E-state index is -0.474. The number of hydrogen-bond donors (Lipinski definition) is 1. The van der Waals surface area contributed by atoms with Crippen LogP contribution in [0.4, 0.5) is 4.39 Å². The van der Waals surface area contributed by atoms with Gasteiger partial charge in [-0.05, 0) is 43.7 Å². The fourth-order valence-corrected chi connectivity index (χ4v) is 3.89. The van der Waals surface area contributed by atoms with Crippen molar-refractivity contribution in [3.05, 3.63) is 70.4 Å². The molecule has 1 aliphatic rings. The third kappa shape index (κ3) is 5.01. The lowest BCUT2D eigenvalue weighted by atomic mass is 10.1. The largest absolute Gasteiger partial charge is 0.494 e. The third-order valence-electron chi connectivity index (χ3n) is 5.70. The van der Waals surface area contributed by atoms with Gasteiger partial charge in [0, 0.05) is 20.0 Å². The number of nitrogens with zero attached hydrogens (tertiary/aromatic N) is 7. The number of oxime groups is 1. The number of halogens is 1. The Kier molecular flexibility index (Phi) is 6.34. The van der Waals surface area contributed by atoms with Crippen molar-refractivity contribution in [1.82, 2.24) is 35.2 Å². The van der Waals surface area contributed by atoms with Gasteiger partial charge in [0.05, 0.1) is 18.5 Å². The van der Waals surface area contributed by atoms with Crippen molar-refractivity contribution in [2.45, 2.75) is 32.9 Å². The highest BCUT2D eigenvalue weighted by Gasteiger charge is 2.29. The van der Waals surface area contributed by atoms with Crippen LogP contribution in [0.3, 0.4) is 0 Å². The first-order valence-electron chi connectivity index (χ1n) is 11.3. The Morgan fingerprint density at radius 1 is 1.16 bits per heavy atom. The summed E-state index contributed by atoms with van der Waals surface area (Å²) in [5, 5.41) is 15.2. The van der Waals surface area contributed by atoms with Crippen LogP contribution in [0.1, 0.15) is 51.6 Å². The molecule has 4 aromatic rings. The minimum absolute atomic E-state index is 0.105. The highest BCUT2D eigenvalue weighted by Crippen LogP contribution is 2.31. The van der Waals surface area contributed by atoms with Crippen LogP contribution in [0.2, 0.25) is 0 Å². The van der Waals surface area contributed by atoms with Gasteiger partial charge in [-0.15, -0.1) is 0 Å². The second-order valence-electron chi connectivity index (χ2n) is 8.40. The lowest BCUT2D eigenvalue weighted by molar-refractivity contribution is 0.0796. The molecule has 3 aromatic heterocycles. The molecule has 4 heterocycles. The molecule has 1 unspecified atom stereocenters. The van der Waals surface area contributed by atoms with E-state index >= 15 is 0 Å². The molecule has 37 heavy (non-hydrogen) atoms. The van der Waals surface area contributed by atoms with Crippen molar-refractivity contribution in [3.8, 4) is 17.3 Å². The Labute approximate surface area is 210 Å². The fourth-order valence-electron chi connectivity index (χ4n) is 3.89. The van der Waals surface area contributed by atoms with E-state index in [0.717, 1.165) is 5.69 Å². The molecular formula is C24H23FN8O4. The first-order valence-corrected chi connectivity index (χ1v) is 11.3. The zero-order chi connectivity index (χ0) is 26.1. The number of nitrogens with one attached hydrogen (secondary N) is 1. The molecule has 0 radical (unpaired) electrons. The van der Waals surface area contributed by atoms with Crippen LogP contribution < -0.4 is 10.1 Å². The Hall–Kier alpha value is -4.68. The summed E-state index contributed by atoms with van der Waals surface area (Å²) in [4.78, 5) is 31.4. The monoisotopic (exact) mass is 506 g/mol. The standard InChI is InChI=1S/C24H23FN8O4/c1-12-27-16(8-18(28-12)23(34)26-11-14-5-6-15(25)21(7-14)35-4)17-10-22(36-32-17)20-9-19(30-33(20)3)24-29-13(2)31-37-24/h5-9,22H,10-11H2,1-4H3,(H,26,34). The van der Waals surface area contributed by atoms with Gasteiger partial charge in [0.2, 0.25) is 0 Å². The zero-order valence-corrected chi connectivity index (χ0v) is 20.5. The third-order valence-corrected chi connectivity index (χ3v) is 5.70. The molecule has 0 fully saturated rings. The summed E-state index contributed by atoms with van der Waals surface area (Å²) in [5.74, 6) is 0.470. The van der Waals surface area contributed by atoms with Crippen LogP contribution in [0.25, 0.3) is 11.6 Å². The van der Waals surface area contributed by atoms with E-state index in [1.165, 1.54) is 19.2 Å². The van der Waals surface area contributed by atoms with E-state index in [0.29, 0.717) is 46.6 Å². The molecule has 1 N–H and O–H groups in total. The van der Waals surface area contributed by atoms with E-state index in [2.05, 4.69) is 35.7 Å². The summed E-state index contributed by atoms with van der Waals surface area (Å²) in [6.45, 7) is 3.59. The van der Waals surface area contributed by atoms with Crippen LogP contribution in [-0.2, 0) is 18.4 Å². The number of benzene rings is 1. The molecule has 12 nitrogen and oxygen atoms in total. The highest BCUT2D eigenvalue weighted by atomic mass is 19.1. The molecule has 0 bridgehead atoms. The maximum atomic E-state index is 13.6. The molecule has 0 aliphatic carbocycles. The van der Waals surface area contributed by atoms with E-state index < -0.39 is 17.8 Å². The van der Waals surface area contributed by atoms with Gasteiger partial charge in [-0.1, -0.05) is 16.4 Å². The van der Waals surface area contributed by atoms with Crippen LogP contribution in [-0.4, -0.2) is 48.6 Å². The van der Waals surface area contributed by atoms with Crippen molar-refractivity contribution in [3.63, 3.8) is 0 Å². The number of aryl methyl sites for hydroxylation is 3. The molecule has 13 heteroatoms. The summed E-state index contributed by atoms with van der Waals surface area (Å²) < 4.78 is 25.5. The number of aromatic nitrogens is 6. The second kappa shape index (κ2) is 9.76. The molecule has 1 aromatic carbocycles. The number of rotatable bonds is 7. The van der Waals surface area contributed by atoms with Crippen LogP contribution in [0.15, 0.2) is 40.0 Å². The fraction of sp³-hybridized carbons (Fsp3) is 0.292. The lowest BCUT2D eigenvalue weighted by Crippen LogP contribution is -2.25. The van der Waals surface area contributed by atoms with E-state index in [1.807, 2.05) is 6.07 Å². The predicted octanol–water partition coefficient (Wildman–Crippen LogP) is 2.82. The number of ether oxygens (including phenoxy) is 1. The van der Waals surface area contributed by atoms with Crippen molar-refractivity contribution in [2.75, 3.05) is 7.11 Å². The molecule has 0 spiro atoms. The molecule has 1 aliphatic heterocycles. The Bertz CT molecular complexity index is 1510. The maximum Gasteiger partial charge on any atom is 0.278 e. The predicted molar refractivity (Wildman–Crippen MR) is 127 cm³/mol. The normalized spacial score (nSPS) is 14.8. The number of hydrogen-bond acceptors (Lipinski definition) is 10. The minimum Gasteiger partial charge on any atom is -0.494 e. The van der Waals surface area contributed by atoms with E-state index in [9.17, 15) is 9.18 Å². The molecule has 0 saturated carbocycles. The summed E-state index contributed by atoms with van der Waals surface area (Å²) in [5.41, 5.74) is 3.22. The molecule has 190 valence electrons. The SMILES string of the molecule is COc1cc(CNC(=O)c2cc(C3=NOC(c4cc(-c5nc(C)no5)nn4C)C3)nc(C)n2)ccc1F. The van der Waals surface area contributed by atoms with Gasteiger partial charge in [-0.3, -0.25) is 9.48 Å². The maximum absolute atomic E-state index is 13.6. The molecule has 0 saturated heterocycles. The Balaban J connectivity index is 1.28. The van der Waals surface area contributed by atoms with Gasteiger partial charge in [0.15, 0.2) is 29.2 Å². The van der Waals surface area contributed by atoms with Crippen LogP contribution >= 0.6 is 0 Å². The van der Waals surface area contributed by atoms with Crippen molar-refractivity contribution in [1.29, 1.82) is 0 Å². The first kappa shape index (κ1) is 24.0. The van der Waals surface area contributed by atoms with E-state index in [-0.39, 0.29) is 18.0 Å². The van der Waals surface area contributed by atoms with Crippen LogP contribution in [0.5, 0.6) is 5.75 Å².